The van der Waals surface area contributed by atoms with E-state index < -0.39 is 18.3 Å². The van der Waals surface area contributed by atoms with E-state index in [1.54, 1.807) is 0 Å². The third-order valence-electron chi connectivity index (χ3n) is 5.61. The third kappa shape index (κ3) is 4.38. The number of aliphatic hydroxyl groups excluding tert-OH is 2. The minimum Gasteiger partial charge on any atom is -0.449 e. The molecule has 1 aliphatic carbocycles. The van der Waals surface area contributed by atoms with Crippen LogP contribution in [0, 0.1) is 0 Å². The molecule has 2 unspecified atom stereocenters. The number of carbonyl (C=O) groups excluding carboxylic acids is 2. The van der Waals surface area contributed by atoms with Crippen LogP contribution in [0.5, 0.6) is 0 Å². The van der Waals surface area contributed by atoms with Crippen LogP contribution in [0.3, 0.4) is 0 Å². The standard InChI is InChI=1S/C24H24N2O5/c27-13-16-11-15(12-26-16)23(29)22(28)9-10-25-24(30)31-14-21-19-7-3-1-5-17(19)18-6-2-4-8-20(18)21/h1-8,11-13,21-23,26,28-29H,9-10,14H2,(H,25,30). The Balaban J connectivity index is 1.28. The Labute approximate surface area is 179 Å². The first-order chi connectivity index (χ1) is 15.1. The SMILES string of the molecule is O=Cc1cc(C(O)C(O)CCNC(=O)OCC2c3ccccc3-c3ccccc32)c[nH]1. The third-order valence-corrected chi connectivity index (χ3v) is 5.61. The molecular formula is C24H24N2O5. The van der Waals surface area contributed by atoms with Crippen LogP contribution in [0.25, 0.3) is 11.1 Å². The largest absolute Gasteiger partial charge is 0.449 e. The van der Waals surface area contributed by atoms with Crippen molar-refractivity contribution in [3.8, 4) is 11.1 Å². The van der Waals surface area contributed by atoms with E-state index in [-0.39, 0.29) is 25.5 Å². The highest BCUT2D eigenvalue weighted by Crippen LogP contribution is 2.44. The second-order valence-electron chi connectivity index (χ2n) is 7.56. The molecule has 2 atom stereocenters. The van der Waals surface area contributed by atoms with Crippen molar-refractivity contribution in [1.82, 2.24) is 10.3 Å². The summed E-state index contributed by atoms with van der Waals surface area (Å²) < 4.78 is 5.45. The van der Waals surface area contributed by atoms with E-state index in [0.717, 1.165) is 22.3 Å². The summed E-state index contributed by atoms with van der Waals surface area (Å²) in [7, 11) is 0. The van der Waals surface area contributed by atoms with Gasteiger partial charge in [-0.2, -0.15) is 0 Å². The Hall–Kier alpha value is -3.42. The molecule has 4 N–H and O–H groups in total. The summed E-state index contributed by atoms with van der Waals surface area (Å²) in [6.45, 7) is 0.350. The molecule has 3 aromatic rings. The van der Waals surface area contributed by atoms with Crippen LogP contribution >= 0.6 is 0 Å². The summed E-state index contributed by atoms with van der Waals surface area (Å²) in [6, 6.07) is 17.7. The Morgan fingerprint density at radius 2 is 1.74 bits per heavy atom. The molecule has 7 heteroatoms. The number of alkyl carbamates (subject to hydrolysis) is 1. The van der Waals surface area contributed by atoms with E-state index in [2.05, 4.69) is 34.6 Å². The van der Waals surface area contributed by atoms with Crippen molar-refractivity contribution in [2.45, 2.75) is 24.5 Å². The van der Waals surface area contributed by atoms with Crippen molar-refractivity contribution < 1.29 is 24.5 Å². The zero-order valence-electron chi connectivity index (χ0n) is 16.8. The van der Waals surface area contributed by atoms with Gasteiger partial charge in [-0.25, -0.2) is 4.79 Å². The van der Waals surface area contributed by atoms with Crippen molar-refractivity contribution >= 4 is 12.4 Å². The van der Waals surface area contributed by atoms with Crippen molar-refractivity contribution in [3.05, 3.63) is 83.2 Å². The van der Waals surface area contributed by atoms with Gasteiger partial charge in [-0.15, -0.1) is 0 Å². The highest BCUT2D eigenvalue weighted by molar-refractivity contribution is 5.79. The Morgan fingerprint density at radius 3 is 2.35 bits per heavy atom. The molecule has 1 heterocycles. The van der Waals surface area contributed by atoms with Gasteiger partial charge in [0.2, 0.25) is 0 Å². The van der Waals surface area contributed by atoms with E-state index in [1.807, 2.05) is 24.3 Å². The number of rotatable bonds is 8. The maximum Gasteiger partial charge on any atom is 0.407 e. The van der Waals surface area contributed by atoms with Crippen molar-refractivity contribution in [1.29, 1.82) is 0 Å². The number of aliphatic hydroxyl groups is 2. The first kappa shape index (κ1) is 20.8. The molecular weight excluding hydrogens is 396 g/mol. The molecule has 0 aliphatic heterocycles. The topological polar surface area (TPSA) is 112 Å². The quantitative estimate of drug-likeness (QED) is 0.418. The van der Waals surface area contributed by atoms with Crippen LogP contribution in [0.4, 0.5) is 4.79 Å². The summed E-state index contributed by atoms with van der Waals surface area (Å²) in [4.78, 5) is 25.6. The normalized spacial score (nSPS) is 14.4. The van der Waals surface area contributed by atoms with Gasteiger partial charge in [-0.1, -0.05) is 48.5 Å². The van der Waals surface area contributed by atoms with Gasteiger partial charge in [0.05, 0.1) is 11.8 Å². The smallest absolute Gasteiger partial charge is 0.407 e. The molecule has 2 aromatic carbocycles. The van der Waals surface area contributed by atoms with E-state index in [0.29, 0.717) is 17.5 Å². The molecule has 1 aliphatic rings. The number of hydrogen-bond acceptors (Lipinski definition) is 5. The molecule has 1 amide bonds. The molecule has 0 fully saturated rings. The number of aromatic nitrogens is 1. The zero-order valence-corrected chi connectivity index (χ0v) is 16.8. The van der Waals surface area contributed by atoms with E-state index in [9.17, 15) is 19.8 Å². The lowest BCUT2D eigenvalue weighted by Gasteiger charge is -2.18. The van der Waals surface area contributed by atoms with E-state index in [1.165, 1.54) is 12.3 Å². The van der Waals surface area contributed by atoms with Gasteiger partial charge in [-0.05, 0) is 34.7 Å². The van der Waals surface area contributed by atoms with Crippen molar-refractivity contribution in [3.63, 3.8) is 0 Å². The number of carbonyl (C=O) groups is 2. The summed E-state index contributed by atoms with van der Waals surface area (Å²) in [6.07, 6.45) is -0.600. The number of H-pyrrole nitrogens is 1. The Bertz CT molecular complexity index is 1030. The first-order valence-corrected chi connectivity index (χ1v) is 10.2. The number of hydrogen-bond donors (Lipinski definition) is 4. The van der Waals surface area contributed by atoms with Gasteiger partial charge in [-0.3, -0.25) is 4.79 Å². The Morgan fingerprint density at radius 1 is 1.10 bits per heavy atom. The van der Waals surface area contributed by atoms with Crippen LogP contribution in [-0.4, -0.2) is 46.8 Å². The molecule has 0 saturated carbocycles. The minimum atomic E-state index is -1.16. The van der Waals surface area contributed by atoms with Crippen molar-refractivity contribution in [2.24, 2.45) is 0 Å². The zero-order chi connectivity index (χ0) is 21.8. The average Bonchev–Trinajstić information content (AvgIpc) is 3.40. The molecule has 0 radical (unpaired) electrons. The summed E-state index contributed by atoms with van der Waals surface area (Å²) in [5.74, 6) is -0.0221. The molecule has 0 spiro atoms. The maximum atomic E-state index is 12.2. The van der Waals surface area contributed by atoms with Gasteiger partial charge in [0.15, 0.2) is 6.29 Å². The van der Waals surface area contributed by atoms with Gasteiger partial charge in [0, 0.05) is 24.2 Å². The number of aromatic amines is 1. The molecule has 0 bridgehead atoms. The highest BCUT2D eigenvalue weighted by atomic mass is 16.5. The summed E-state index contributed by atoms with van der Waals surface area (Å²) in [5, 5.41) is 22.9. The minimum absolute atomic E-state index is 0.0221. The van der Waals surface area contributed by atoms with Gasteiger partial charge >= 0.3 is 6.09 Å². The lowest BCUT2D eigenvalue weighted by molar-refractivity contribution is 0.0137. The predicted molar refractivity (Wildman–Crippen MR) is 115 cm³/mol. The molecule has 160 valence electrons. The van der Waals surface area contributed by atoms with Gasteiger partial charge in [0.1, 0.15) is 12.7 Å². The van der Waals surface area contributed by atoms with Gasteiger partial charge < -0.3 is 25.3 Å². The maximum absolute atomic E-state index is 12.2. The number of amides is 1. The fourth-order valence-corrected chi connectivity index (χ4v) is 4.02. The summed E-state index contributed by atoms with van der Waals surface area (Å²) in [5.41, 5.74) is 5.32. The fourth-order valence-electron chi connectivity index (χ4n) is 4.02. The lowest BCUT2D eigenvalue weighted by Crippen LogP contribution is -2.30. The lowest BCUT2D eigenvalue weighted by atomic mass is 9.98. The van der Waals surface area contributed by atoms with E-state index in [4.69, 9.17) is 4.74 Å². The number of aldehydes is 1. The van der Waals surface area contributed by atoms with Gasteiger partial charge in [0.25, 0.3) is 0 Å². The van der Waals surface area contributed by atoms with Crippen LogP contribution in [0.2, 0.25) is 0 Å². The molecule has 0 saturated heterocycles. The second kappa shape index (κ2) is 9.16. The first-order valence-electron chi connectivity index (χ1n) is 10.2. The van der Waals surface area contributed by atoms with Crippen LogP contribution in [0.15, 0.2) is 60.8 Å². The van der Waals surface area contributed by atoms with Crippen LogP contribution in [-0.2, 0) is 4.74 Å². The number of ether oxygens (including phenoxy) is 1. The number of nitrogens with one attached hydrogen (secondary N) is 2. The van der Waals surface area contributed by atoms with Crippen LogP contribution in [0.1, 0.15) is 45.6 Å². The molecule has 1 aromatic heterocycles. The summed E-state index contributed by atoms with van der Waals surface area (Å²) >= 11 is 0. The molecule has 4 rings (SSSR count). The molecule has 31 heavy (non-hydrogen) atoms. The second-order valence-corrected chi connectivity index (χ2v) is 7.56. The van der Waals surface area contributed by atoms with Crippen LogP contribution < -0.4 is 5.32 Å². The number of benzene rings is 2. The monoisotopic (exact) mass is 420 g/mol. The average molecular weight is 420 g/mol. The fraction of sp³-hybridized carbons (Fsp3) is 0.250. The van der Waals surface area contributed by atoms with E-state index >= 15 is 0 Å². The Kier molecular flexibility index (Phi) is 6.16. The molecule has 7 nitrogen and oxygen atoms in total. The predicted octanol–water partition coefficient (Wildman–Crippen LogP) is 3.15. The number of fused-ring (bicyclic) bond motifs is 3. The van der Waals surface area contributed by atoms with Crippen molar-refractivity contribution in [2.75, 3.05) is 13.2 Å². The highest BCUT2D eigenvalue weighted by Gasteiger charge is 2.29.